The van der Waals surface area contributed by atoms with Crippen molar-refractivity contribution >= 4 is 11.6 Å². The highest BCUT2D eigenvalue weighted by molar-refractivity contribution is 6.09. The zero-order valence-electron chi connectivity index (χ0n) is 15.9. The second kappa shape index (κ2) is 8.26. The van der Waals surface area contributed by atoms with Crippen molar-refractivity contribution in [3.8, 4) is 0 Å². The van der Waals surface area contributed by atoms with Gasteiger partial charge in [0.05, 0.1) is 5.56 Å². The largest absolute Gasteiger partial charge is 0.418 e. The molecule has 0 aliphatic carbocycles. The van der Waals surface area contributed by atoms with Gasteiger partial charge in [0, 0.05) is 43.1 Å². The van der Waals surface area contributed by atoms with Gasteiger partial charge in [-0.25, -0.2) is 4.98 Å². The first-order chi connectivity index (χ1) is 13.3. The van der Waals surface area contributed by atoms with Crippen LogP contribution in [0.1, 0.15) is 47.1 Å². The first kappa shape index (κ1) is 20.3. The molecule has 2 aromatic heterocycles. The molecule has 0 radical (unpaired) electrons. The van der Waals surface area contributed by atoms with Crippen LogP contribution in [0.4, 0.5) is 19.0 Å². The fourth-order valence-corrected chi connectivity index (χ4v) is 3.45. The predicted octanol–water partition coefficient (Wildman–Crippen LogP) is 3.61. The SMILES string of the molecule is CCCC1CN(c2ccc(C(F)(F)F)c(C(=O)c3cccnc3C)n2)CCN1. The summed E-state index contributed by atoms with van der Waals surface area (Å²) >= 11 is 0. The molecule has 28 heavy (non-hydrogen) atoms. The summed E-state index contributed by atoms with van der Waals surface area (Å²) in [7, 11) is 0. The van der Waals surface area contributed by atoms with Crippen molar-refractivity contribution in [3.05, 3.63) is 53.0 Å². The molecule has 1 saturated heterocycles. The van der Waals surface area contributed by atoms with Crippen LogP contribution in [-0.2, 0) is 6.18 Å². The Balaban J connectivity index is 2.01. The Morgan fingerprint density at radius 2 is 2.11 bits per heavy atom. The van der Waals surface area contributed by atoms with Gasteiger partial charge < -0.3 is 10.2 Å². The van der Waals surface area contributed by atoms with E-state index in [0.717, 1.165) is 25.5 Å². The molecule has 0 aromatic carbocycles. The minimum Gasteiger partial charge on any atom is -0.354 e. The summed E-state index contributed by atoms with van der Waals surface area (Å²) < 4.78 is 40.6. The molecule has 8 heteroatoms. The normalized spacial score (nSPS) is 17.6. The highest BCUT2D eigenvalue weighted by atomic mass is 19.4. The Morgan fingerprint density at radius 3 is 2.79 bits per heavy atom. The number of aromatic nitrogens is 2. The molecular weight excluding hydrogens is 369 g/mol. The van der Waals surface area contributed by atoms with Gasteiger partial charge in [0.15, 0.2) is 0 Å². The quantitative estimate of drug-likeness (QED) is 0.788. The number of halogens is 3. The molecule has 3 rings (SSSR count). The predicted molar refractivity (Wildman–Crippen MR) is 101 cm³/mol. The van der Waals surface area contributed by atoms with Gasteiger partial charge in [-0.05, 0) is 37.6 Å². The molecule has 0 saturated carbocycles. The molecule has 1 aliphatic heterocycles. The highest BCUT2D eigenvalue weighted by Crippen LogP contribution is 2.34. The van der Waals surface area contributed by atoms with Crippen LogP contribution in [0.3, 0.4) is 0 Å². The third-order valence-electron chi connectivity index (χ3n) is 4.87. The van der Waals surface area contributed by atoms with E-state index in [1.807, 2.05) is 4.90 Å². The van der Waals surface area contributed by atoms with E-state index in [4.69, 9.17) is 0 Å². The number of piperazine rings is 1. The zero-order chi connectivity index (χ0) is 20.3. The van der Waals surface area contributed by atoms with E-state index in [-0.39, 0.29) is 11.6 Å². The number of carbonyl (C=O) groups is 1. The maximum absolute atomic E-state index is 13.5. The Kier molecular flexibility index (Phi) is 5.98. The summed E-state index contributed by atoms with van der Waals surface area (Å²) in [6, 6.07) is 5.56. The molecule has 2 aromatic rings. The van der Waals surface area contributed by atoms with E-state index in [2.05, 4.69) is 22.2 Å². The highest BCUT2D eigenvalue weighted by Gasteiger charge is 2.37. The van der Waals surface area contributed by atoms with Crippen molar-refractivity contribution < 1.29 is 18.0 Å². The van der Waals surface area contributed by atoms with Crippen LogP contribution >= 0.6 is 0 Å². The van der Waals surface area contributed by atoms with Crippen LogP contribution in [0.2, 0.25) is 0 Å². The number of anilines is 1. The lowest BCUT2D eigenvalue weighted by Gasteiger charge is -2.34. The molecular formula is C20H23F3N4O. The number of rotatable bonds is 5. The van der Waals surface area contributed by atoms with Crippen molar-refractivity contribution in [3.63, 3.8) is 0 Å². The van der Waals surface area contributed by atoms with Crippen molar-refractivity contribution in [2.75, 3.05) is 24.5 Å². The summed E-state index contributed by atoms with van der Waals surface area (Å²) in [6.07, 6.45) is -1.19. The van der Waals surface area contributed by atoms with Gasteiger partial charge in [0.2, 0.25) is 5.78 Å². The number of hydrogen-bond donors (Lipinski definition) is 1. The summed E-state index contributed by atoms with van der Waals surface area (Å²) in [5.74, 6) is -0.375. The van der Waals surface area contributed by atoms with E-state index in [1.165, 1.54) is 24.4 Å². The van der Waals surface area contributed by atoms with E-state index in [0.29, 0.717) is 24.6 Å². The van der Waals surface area contributed by atoms with Gasteiger partial charge in [-0.3, -0.25) is 9.78 Å². The summed E-state index contributed by atoms with van der Waals surface area (Å²) in [6.45, 7) is 5.67. The minimum atomic E-state index is -4.67. The molecule has 5 nitrogen and oxygen atoms in total. The van der Waals surface area contributed by atoms with Crippen molar-refractivity contribution in [1.82, 2.24) is 15.3 Å². The number of aryl methyl sites for hydroxylation is 1. The lowest BCUT2D eigenvalue weighted by molar-refractivity contribution is -0.138. The third kappa shape index (κ3) is 4.32. The molecule has 1 aliphatic rings. The second-order valence-corrected chi connectivity index (χ2v) is 6.91. The number of pyridine rings is 2. The monoisotopic (exact) mass is 392 g/mol. The van der Waals surface area contributed by atoms with Crippen molar-refractivity contribution in [2.45, 2.75) is 38.9 Å². The molecule has 0 bridgehead atoms. The fraction of sp³-hybridized carbons (Fsp3) is 0.450. The number of carbonyl (C=O) groups excluding carboxylic acids is 1. The van der Waals surface area contributed by atoms with E-state index in [9.17, 15) is 18.0 Å². The van der Waals surface area contributed by atoms with Crippen LogP contribution in [0.15, 0.2) is 30.5 Å². The molecule has 150 valence electrons. The molecule has 0 amide bonds. The fourth-order valence-electron chi connectivity index (χ4n) is 3.45. The average Bonchev–Trinajstić information content (AvgIpc) is 2.67. The van der Waals surface area contributed by atoms with E-state index in [1.54, 1.807) is 6.92 Å². The summed E-state index contributed by atoms with van der Waals surface area (Å²) in [4.78, 5) is 23.0. The second-order valence-electron chi connectivity index (χ2n) is 6.91. The van der Waals surface area contributed by atoms with E-state index >= 15 is 0 Å². The molecule has 1 atom stereocenters. The number of ketones is 1. The zero-order valence-corrected chi connectivity index (χ0v) is 15.9. The molecule has 0 spiro atoms. The van der Waals surface area contributed by atoms with Gasteiger partial charge in [0.1, 0.15) is 11.5 Å². The topological polar surface area (TPSA) is 58.1 Å². The lowest BCUT2D eigenvalue weighted by Crippen LogP contribution is -2.51. The Morgan fingerprint density at radius 1 is 1.32 bits per heavy atom. The van der Waals surface area contributed by atoms with E-state index < -0.39 is 23.2 Å². The number of nitrogens with one attached hydrogen (secondary N) is 1. The van der Waals surface area contributed by atoms with Gasteiger partial charge in [0.25, 0.3) is 0 Å². The number of nitrogens with zero attached hydrogens (tertiary/aromatic N) is 3. The van der Waals surface area contributed by atoms with Gasteiger partial charge in [-0.2, -0.15) is 13.2 Å². The first-order valence-corrected chi connectivity index (χ1v) is 9.34. The van der Waals surface area contributed by atoms with Crippen LogP contribution in [0, 0.1) is 6.92 Å². The standard InChI is InChI=1S/C20H23F3N4O/c1-3-5-14-12-27(11-10-25-14)17-8-7-16(20(21,22)23)18(26-17)19(28)15-6-4-9-24-13(15)2/h4,6-9,14,25H,3,5,10-12H2,1-2H3. The maximum Gasteiger partial charge on any atom is 0.418 e. The lowest BCUT2D eigenvalue weighted by atomic mass is 10.0. The first-order valence-electron chi connectivity index (χ1n) is 9.34. The van der Waals surface area contributed by atoms with Crippen LogP contribution in [0.25, 0.3) is 0 Å². The smallest absolute Gasteiger partial charge is 0.354 e. The molecule has 1 unspecified atom stereocenters. The molecule has 1 fully saturated rings. The van der Waals surface area contributed by atoms with Gasteiger partial charge in [-0.15, -0.1) is 0 Å². The molecule has 1 N–H and O–H groups in total. The maximum atomic E-state index is 13.5. The van der Waals surface area contributed by atoms with Crippen molar-refractivity contribution in [2.24, 2.45) is 0 Å². The van der Waals surface area contributed by atoms with Crippen LogP contribution < -0.4 is 10.2 Å². The van der Waals surface area contributed by atoms with Gasteiger partial charge >= 0.3 is 6.18 Å². The third-order valence-corrected chi connectivity index (χ3v) is 4.87. The summed E-state index contributed by atoms with van der Waals surface area (Å²) in [5.41, 5.74) is -1.10. The minimum absolute atomic E-state index is 0.127. The Bertz CT molecular complexity index is 852. The average molecular weight is 392 g/mol. The number of alkyl halides is 3. The Hall–Kier alpha value is -2.48. The molecule has 3 heterocycles. The Labute approximate surface area is 162 Å². The summed E-state index contributed by atoms with van der Waals surface area (Å²) in [5, 5.41) is 3.40. The van der Waals surface area contributed by atoms with Gasteiger partial charge in [-0.1, -0.05) is 13.3 Å². The van der Waals surface area contributed by atoms with Crippen LogP contribution in [-0.4, -0.2) is 41.4 Å². The van der Waals surface area contributed by atoms with Crippen molar-refractivity contribution in [1.29, 1.82) is 0 Å². The number of hydrogen-bond acceptors (Lipinski definition) is 5. The van der Waals surface area contributed by atoms with Crippen LogP contribution in [0.5, 0.6) is 0 Å².